The Kier molecular flexibility index (Phi) is 14.2. The quantitative estimate of drug-likeness (QED) is 0.0554. The number of aryl methyl sites for hydroxylation is 1. The van der Waals surface area contributed by atoms with Crippen LogP contribution in [-0.4, -0.2) is 109 Å². The normalized spacial score (nSPS) is 17.2. The number of piperidine rings is 2. The number of anilines is 2. The smallest absolute Gasteiger partial charge is 0.341 e. The Morgan fingerprint density at radius 1 is 0.984 bits per heavy atom. The molecule has 2 saturated heterocycles. The number of ether oxygens (including phenoxy) is 1. The van der Waals surface area contributed by atoms with Crippen LogP contribution in [0.5, 0.6) is 5.75 Å². The monoisotopic (exact) mass is 877 g/mol. The Morgan fingerprint density at radius 3 is 2.49 bits per heavy atom. The van der Waals surface area contributed by atoms with Gasteiger partial charge in [0.2, 0.25) is 5.91 Å². The Balaban J connectivity index is 0.890. The first-order valence-corrected chi connectivity index (χ1v) is 22.3. The molecule has 2 fully saturated rings. The van der Waals surface area contributed by atoms with E-state index in [1.807, 2.05) is 54.3 Å². The molecule has 332 valence electrons. The fraction of sp³-hybridized carbons (Fsp3) is 0.413. The molecule has 5 aromatic rings. The molecule has 4 heterocycles. The number of benzene rings is 3. The van der Waals surface area contributed by atoms with E-state index in [4.69, 9.17) is 14.9 Å². The number of carbonyl (C=O) groups excluding carboxylic acids is 4. The highest BCUT2D eigenvalue weighted by atomic mass is 32.2. The Labute approximate surface area is 370 Å². The van der Waals surface area contributed by atoms with Crippen molar-refractivity contribution in [2.75, 3.05) is 43.9 Å². The molecule has 0 radical (unpaired) electrons. The molecule has 0 spiro atoms. The lowest BCUT2D eigenvalue weighted by Crippen LogP contribution is -2.49. The largest absolute Gasteiger partial charge is 0.479 e. The van der Waals surface area contributed by atoms with Gasteiger partial charge in [0.05, 0.1) is 23.1 Å². The Hall–Kier alpha value is -6.20. The third kappa shape index (κ3) is 10.7. The number of likely N-dealkylation sites (tertiary alicyclic amines) is 1. The summed E-state index contributed by atoms with van der Waals surface area (Å²) in [6.45, 7) is 8.03. The van der Waals surface area contributed by atoms with Crippen molar-refractivity contribution in [2.45, 2.75) is 88.6 Å². The molecule has 2 atom stereocenters. The highest BCUT2D eigenvalue weighted by Gasteiger charge is 2.35. The highest BCUT2D eigenvalue weighted by molar-refractivity contribution is 7.96. The van der Waals surface area contributed by atoms with Crippen molar-refractivity contribution in [3.63, 3.8) is 0 Å². The summed E-state index contributed by atoms with van der Waals surface area (Å²) in [5.41, 5.74) is 6.33. The lowest BCUT2D eigenvalue weighted by atomic mass is 9.88. The van der Waals surface area contributed by atoms with Gasteiger partial charge in [0, 0.05) is 67.2 Å². The van der Waals surface area contributed by atoms with Crippen LogP contribution in [0.15, 0.2) is 72.9 Å². The van der Waals surface area contributed by atoms with Crippen molar-refractivity contribution in [1.82, 2.24) is 34.1 Å². The minimum absolute atomic E-state index is 0.0304. The number of hydrogen-bond acceptors (Lipinski definition) is 11. The first-order valence-electron chi connectivity index (χ1n) is 21.3. The second-order valence-corrected chi connectivity index (χ2v) is 17.8. The molecule has 2 unspecified atom stereocenters. The van der Waals surface area contributed by atoms with E-state index in [1.54, 1.807) is 23.7 Å². The maximum absolute atomic E-state index is 13.5. The first kappa shape index (κ1) is 44.8. The SMILES string of the molecule is CNC(=O)C(CCC=O)n1nc(C)c2cc(C3CCN(C(=O)Nc4cccc(CSN5CCC(Nc6cccc(-n7cc(OCC(=O)O)c(C=O)n7)c6)CC5(C)C)c4)CC3)ccc21. The van der Waals surface area contributed by atoms with Crippen LogP contribution in [0.4, 0.5) is 16.2 Å². The number of rotatable bonds is 17. The number of fused-ring (bicyclic) bond motifs is 1. The summed E-state index contributed by atoms with van der Waals surface area (Å²) in [5, 5.41) is 28.5. The van der Waals surface area contributed by atoms with Crippen molar-refractivity contribution >= 4 is 64.7 Å². The molecule has 0 saturated carbocycles. The summed E-state index contributed by atoms with van der Waals surface area (Å²) in [4.78, 5) is 61.6. The van der Waals surface area contributed by atoms with Crippen molar-refractivity contribution in [1.29, 1.82) is 0 Å². The summed E-state index contributed by atoms with van der Waals surface area (Å²) in [5.74, 6) is -0.158. The van der Waals surface area contributed by atoms with Crippen LogP contribution in [0, 0.1) is 6.92 Å². The maximum Gasteiger partial charge on any atom is 0.341 e. The molecule has 3 amide bonds. The van der Waals surface area contributed by atoms with E-state index in [0.29, 0.717) is 31.5 Å². The van der Waals surface area contributed by atoms with Gasteiger partial charge in [-0.25, -0.2) is 18.6 Å². The van der Waals surface area contributed by atoms with Crippen LogP contribution in [0.25, 0.3) is 16.6 Å². The zero-order chi connectivity index (χ0) is 44.7. The van der Waals surface area contributed by atoms with E-state index in [1.165, 1.54) is 16.4 Å². The Morgan fingerprint density at radius 2 is 1.76 bits per heavy atom. The average molecular weight is 878 g/mol. The molecular formula is C46H55N9O7S. The third-order valence-electron chi connectivity index (χ3n) is 11.9. The lowest BCUT2D eigenvalue weighted by Gasteiger charge is -2.45. The molecule has 7 rings (SSSR count). The lowest BCUT2D eigenvalue weighted by molar-refractivity contribution is -0.139. The number of amides is 3. The van der Waals surface area contributed by atoms with Crippen LogP contribution in [0.2, 0.25) is 0 Å². The number of carboxylic acid groups (broad SMARTS) is 1. The number of carboxylic acids is 1. The summed E-state index contributed by atoms with van der Waals surface area (Å²) in [6.07, 6.45) is 7.03. The van der Waals surface area contributed by atoms with Gasteiger partial charge in [-0.3, -0.25) is 14.3 Å². The topological polar surface area (TPSA) is 193 Å². The molecule has 63 heavy (non-hydrogen) atoms. The van der Waals surface area contributed by atoms with Crippen LogP contribution >= 0.6 is 11.9 Å². The van der Waals surface area contributed by atoms with E-state index in [9.17, 15) is 24.0 Å². The second-order valence-electron chi connectivity index (χ2n) is 16.8. The number of nitrogens with zero attached hydrogens (tertiary/aromatic N) is 6. The van der Waals surface area contributed by atoms with Gasteiger partial charge in [-0.1, -0.05) is 36.2 Å². The molecule has 2 aliphatic heterocycles. The average Bonchev–Trinajstić information content (AvgIpc) is 3.85. The predicted octanol–water partition coefficient (Wildman–Crippen LogP) is 6.99. The fourth-order valence-electron chi connectivity index (χ4n) is 8.63. The summed E-state index contributed by atoms with van der Waals surface area (Å²) >= 11 is 1.80. The van der Waals surface area contributed by atoms with Crippen LogP contribution in [-0.2, 0) is 20.1 Å². The number of nitrogens with one attached hydrogen (secondary N) is 3. The molecule has 0 bridgehead atoms. The van der Waals surface area contributed by atoms with Gasteiger partial charge in [0.25, 0.3) is 0 Å². The van der Waals surface area contributed by atoms with Gasteiger partial charge in [-0.15, -0.1) is 0 Å². The number of likely N-dealkylation sites (N-methyl/N-ethyl adjacent to an activating group) is 1. The maximum atomic E-state index is 13.5. The van der Waals surface area contributed by atoms with E-state index in [0.717, 1.165) is 77.8 Å². The molecule has 17 heteroatoms. The van der Waals surface area contributed by atoms with Crippen molar-refractivity contribution < 1.29 is 33.8 Å². The van der Waals surface area contributed by atoms with Gasteiger partial charge < -0.3 is 35.5 Å². The molecule has 0 aliphatic carbocycles. The number of carbonyl (C=O) groups is 5. The number of aldehydes is 2. The summed E-state index contributed by atoms with van der Waals surface area (Å²) in [6, 6.07) is 21.6. The summed E-state index contributed by atoms with van der Waals surface area (Å²) < 4.78 is 10.9. The Bertz CT molecular complexity index is 2460. The highest BCUT2D eigenvalue weighted by Crippen LogP contribution is 2.37. The number of aliphatic carboxylic acids is 1. The standard InChI is InChI=1S/C46H55N9O7S/c1-30-38-23-33(13-14-40(38)55(50-30)41(12-7-21-56)44(60)47-4)32-15-18-52(19-16-32)45(61)49-34-9-5-8-31(22-34)29-63-54-20-17-36(25-46(54,2)3)48-35-10-6-11-37(24-35)53-26-42(39(27-57)51-53)62-28-43(58)59/h5-6,8-11,13-14,21-24,26-27,32,36,41,48H,7,12,15-20,25,28-29H2,1-4H3,(H,47,60)(H,49,61)(H,58,59). The third-order valence-corrected chi connectivity index (χ3v) is 13.3. The van der Waals surface area contributed by atoms with E-state index in [-0.39, 0.29) is 47.3 Å². The van der Waals surface area contributed by atoms with Crippen molar-refractivity contribution in [3.05, 3.63) is 95.4 Å². The van der Waals surface area contributed by atoms with Gasteiger partial charge in [0.15, 0.2) is 24.3 Å². The number of urea groups is 1. The predicted molar refractivity (Wildman–Crippen MR) is 243 cm³/mol. The zero-order valence-corrected chi connectivity index (χ0v) is 36.9. The van der Waals surface area contributed by atoms with E-state index < -0.39 is 18.6 Å². The molecular weight excluding hydrogens is 823 g/mol. The fourth-order valence-corrected chi connectivity index (χ4v) is 9.77. The van der Waals surface area contributed by atoms with Gasteiger partial charge in [0.1, 0.15) is 12.3 Å². The molecule has 16 nitrogen and oxygen atoms in total. The molecule has 4 N–H and O–H groups in total. The number of hydrogen-bond donors (Lipinski definition) is 4. The molecule has 3 aromatic carbocycles. The summed E-state index contributed by atoms with van der Waals surface area (Å²) in [7, 11) is 1.59. The molecule has 2 aromatic heterocycles. The molecule has 2 aliphatic rings. The van der Waals surface area contributed by atoms with Crippen molar-refractivity contribution in [2.24, 2.45) is 0 Å². The van der Waals surface area contributed by atoms with Gasteiger partial charge in [-0.05, 0) is 112 Å². The van der Waals surface area contributed by atoms with Crippen LogP contribution in [0.3, 0.4) is 0 Å². The first-order chi connectivity index (χ1) is 30.3. The van der Waals surface area contributed by atoms with Gasteiger partial charge >= 0.3 is 12.0 Å². The van der Waals surface area contributed by atoms with E-state index in [2.05, 4.69) is 63.5 Å². The number of aromatic nitrogens is 4. The van der Waals surface area contributed by atoms with Crippen LogP contribution in [0.1, 0.15) is 91.6 Å². The van der Waals surface area contributed by atoms with Crippen LogP contribution < -0.4 is 20.7 Å². The zero-order valence-electron chi connectivity index (χ0n) is 36.1. The van der Waals surface area contributed by atoms with E-state index >= 15 is 0 Å². The minimum atomic E-state index is -1.14. The van der Waals surface area contributed by atoms with Crippen molar-refractivity contribution in [3.8, 4) is 11.4 Å². The van der Waals surface area contributed by atoms with Gasteiger partial charge in [-0.2, -0.15) is 10.2 Å². The second kappa shape index (κ2) is 19.9. The minimum Gasteiger partial charge on any atom is -0.479 e.